The molecule has 0 saturated carbocycles. The number of halogens is 2. The van der Waals surface area contributed by atoms with E-state index in [4.69, 9.17) is 10.5 Å². The molecular weight excluding hydrogens is 280 g/mol. The van der Waals surface area contributed by atoms with Crippen LogP contribution in [0, 0.1) is 11.6 Å². The first-order valence-corrected chi connectivity index (χ1v) is 6.90. The molecule has 0 spiro atoms. The van der Waals surface area contributed by atoms with Crippen LogP contribution in [0.25, 0.3) is 0 Å². The van der Waals surface area contributed by atoms with Crippen molar-refractivity contribution in [2.75, 3.05) is 7.11 Å². The molecule has 0 bridgehead atoms. The number of nitrogens with two attached hydrogens (primary N) is 1. The highest BCUT2D eigenvalue weighted by Gasteiger charge is 2.15. The van der Waals surface area contributed by atoms with E-state index in [1.165, 1.54) is 6.07 Å². The lowest BCUT2D eigenvalue weighted by Gasteiger charge is -2.16. The van der Waals surface area contributed by atoms with Gasteiger partial charge in [-0.2, -0.15) is 0 Å². The van der Waals surface area contributed by atoms with Crippen molar-refractivity contribution < 1.29 is 13.5 Å². The van der Waals surface area contributed by atoms with Crippen LogP contribution in [-0.2, 0) is 0 Å². The van der Waals surface area contributed by atoms with E-state index in [9.17, 15) is 8.78 Å². The van der Waals surface area contributed by atoms with Crippen LogP contribution in [0.5, 0.6) is 5.75 Å². The summed E-state index contributed by atoms with van der Waals surface area (Å²) in [6, 6.07) is 8.52. The molecule has 2 aromatic rings. The zero-order valence-corrected chi connectivity index (χ0v) is 12.0. The lowest BCUT2D eigenvalue weighted by Crippen LogP contribution is -2.08. The molecule has 20 heavy (non-hydrogen) atoms. The standard InChI is InChI=1S/C15H15F2NOS/c1-9(18)15-12(19-2)4-3-5-13(15)20-14-8-10(16)6-7-11(14)17/h3-9H,18H2,1-2H3. The predicted molar refractivity (Wildman–Crippen MR) is 76.1 cm³/mol. The maximum Gasteiger partial charge on any atom is 0.137 e. The van der Waals surface area contributed by atoms with Gasteiger partial charge in [-0.3, -0.25) is 0 Å². The van der Waals surface area contributed by atoms with Gasteiger partial charge in [-0.1, -0.05) is 17.8 Å². The molecule has 1 unspecified atom stereocenters. The van der Waals surface area contributed by atoms with Crippen LogP contribution in [0.15, 0.2) is 46.2 Å². The molecule has 0 fully saturated rings. The van der Waals surface area contributed by atoms with Crippen molar-refractivity contribution in [3.8, 4) is 5.75 Å². The Morgan fingerprint density at radius 1 is 1.15 bits per heavy atom. The number of ether oxygens (including phenoxy) is 1. The fourth-order valence-electron chi connectivity index (χ4n) is 1.91. The summed E-state index contributed by atoms with van der Waals surface area (Å²) in [5.41, 5.74) is 6.73. The molecule has 0 aliphatic heterocycles. The maximum atomic E-state index is 13.7. The monoisotopic (exact) mass is 295 g/mol. The Morgan fingerprint density at radius 2 is 1.90 bits per heavy atom. The molecule has 2 aromatic carbocycles. The van der Waals surface area contributed by atoms with Crippen molar-refractivity contribution >= 4 is 11.8 Å². The van der Waals surface area contributed by atoms with Crippen molar-refractivity contribution in [2.24, 2.45) is 5.73 Å². The molecule has 0 saturated heterocycles. The van der Waals surface area contributed by atoms with Crippen molar-refractivity contribution in [2.45, 2.75) is 22.8 Å². The minimum atomic E-state index is -0.473. The Bertz CT molecular complexity index is 617. The van der Waals surface area contributed by atoms with Crippen LogP contribution in [0.3, 0.4) is 0 Å². The maximum absolute atomic E-state index is 13.7. The molecule has 0 radical (unpaired) electrons. The lowest BCUT2D eigenvalue weighted by molar-refractivity contribution is 0.405. The van der Waals surface area contributed by atoms with E-state index in [1.54, 1.807) is 19.2 Å². The molecular formula is C15H15F2NOS. The zero-order valence-electron chi connectivity index (χ0n) is 11.2. The van der Waals surface area contributed by atoms with Gasteiger partial charge in [0.15, 0.2) is 0 Å². The molecule has 2 rings (SSSR count). The summed E-state index contributed by atoms with van der Waals surface area (Å²) in [6.07, 6.45) is 0. The van der Waals surface area contributed by atoms with Crippen LogP contribution in [0.1, 0.15) is 18.5 Å². The van der Waals surface area contributed by atoms with Gasteiger partial charge in [0.25, 0.3) is 0 Å². The SMILES string of the molecule is COc1cccc(Sc2cc(F)ccc2F)c1C(C)N. The average Bonchev–Trinajstić information content (AvgIpc) is 2.42. The van der Waals surface area contributed by atoms with Gasteiger partial charge >= 0.3 is 0 Å². The van der Waals surface area contributed by atoms with Crippen LogP contribution >= 0.6 is 11.8 Å². The Balaban J connectivity index is 2.45. The highest BCUT2D eigenvalue weighted by atomic mass is 32.2. The van der Waals surface area contributed by atoms with Gasteiger partial charge < -0.3 is 10.5 Å². The normalized spacial score (nSPS) is 12.2. The minimum absolute atomic E-state index is 0.222. The smallest absolute Gasteiger partial charge is 0.137 e. The fraction of sp³-hybridized carbons (Fsp3) is 0.200. The number of rotatable bonds is 4. The van der Waals surface area contributed by atoms with Crippen molar-refractivity contribution in [3.63, 3.8) is 0 Å². The zero-order chi connectivity index (χ0) is 14.7. The van der Waals surface area contributed by atoms with Gasteiger partial charge in [-0.05, 0) is 37.3 Å². The van der Waals surface area contributed by atoms with E-state index in [0.29, 0.717) is 5.75 Å². The molecule has 0 heterocycles. The summed E-state index contributed by atoms with van der Waals surface area (Å²) in [6.45, 7) is 1.82. The van der Waals surface area contributed by atoms with E-state index in [2.05, 4.69) is 0 Å². The Kier molecular flexibility index (Phi) is 4.62. The first-order valence-electron chi connectivity index (χ1n) is 6.08. The van der Waals surface area contributed by atoms with E-state index in [-0.39, 0.29) is 10.9 Å². The number of benzene rings is 2. The van der Waals surface area contributed by atoms with Crippen LogP contribution in [0.4, 0.5) is 8.78 Å². The summed E-state index contributed by atoms with van der Waals surface area (Å²) in [5, 5.41) is 0. The second-order valence-electron chi connectivity index (χ2n) is 4.34. The first-order chi connectivity index (χ1) is 9.52. The van der Waals surface area contributed by atoms with Gasteiger partial charge in [0.1, 0.15) is 17.4 Å². The molecule has 2 N–H and O–H groups in total. The third-order valence-corrected chi connectivity index (χ3v) is 3.92. The summed E-state index contributed by atoms with van der Waals surface area (Å²) >= 11 is 1.14. The van der Waals surface area contributed by atoms with Crippen molar-refractivity contribution in [3.05, 3.63) is 53.6 Å². The molecule has 0 aliphatic carbocycles. The van der Waals surface area contributed by atoms with Crippen LogP contribution in [0.2, 0.25) is 0 Å². The van der Waals surface area contributed by atoms with Gasteiger partial charge in [-0.25, -0.2) is 8.78 Å². The summed E-state index contributed by atoms with van der Waals surface area (Å²) in [7, 11) is 1.55. The minimum Gasteiger partial charge on any atom is -0.496 e. The Labute approximate surface area is 120 Å². The summed E-state index contributed by atoms with van der Waals surface area (Å²) in [4.78, 5) is 0.976. The van der Waals surface area contributed by atoms with Gasteiger partial charge in [0, 0.05) is 16.5 Å². The summed E-state index contributed by atoms with van der Waals surface area (Å²) in [5.74, 6) is -0.296. The quantitative estimate of drug-likeness (QED) is 0.920. The predicted octanol–water partition coefficient (Wildman–Crippen LogP) is 4.14. The van der Waals surface area contributed by atoms with E-state index < -0.39 is 11.6 Å². The molecule has 106 valence electrons. The van der Waals surface area contributed by atoms with Crippen LogP contribution < -0.4 is 10.5 Å². The fourth-order valence-corrected chi connectivity index (χ4v) is 3.03. The Morgan fingerprint density at radius 3 is 2.55 bits per heavy atom. The Hall–Kier alpha value is -1.59. The summed E-state index contributed by atoms with van der Waals surface area (Å²) < 4.78 is 32.2. The molecule has 0 aromatic heterocycles. The molecule has 5 heteroatoms. The molecule has 0 aliphatic rings. The van der Waals surface area contributed by atoms with Gasteiger partial charge in [0.2, 0.25) is 0 Å². The molecule has 1 atom stereocenters. The topological polar surface area (TPSA) is 35.2 Å². The largest absolute Gasteiger partial charge is 0.496 e. The van der Waals surface area contributed by atoms with Gasteiger partial charge in [-0.15, -0.1) is 0 Å². The van der Waals surface area contributed by atoms with Crippen LogP contribution in [-0.4, -0.2) is 7.11 Å². The third-order valence-electron chi connectivity index (χ3n) is 2.81. The highest BCUT2D eigenvalue weighted by Crippen LogP contribution is 2.38. The average molecular weight is 295 g/mol. The second kappa shape index (κ2) is 6.24. The molecule has 2 nitrogen and oxygen atoms in total. The van der Waals surface area contributed by atoms with E-state index in [0.717, 1.165) is 34.4 Å². The van der Waals surface area contributed by atoms with E-state index in [1.807, 2.05) is 13.0 Å². The van der Waals surface area contributed by atoms with Crippen molar-refractivity contribution in [1.29, 1.82) is 0 Å². The lowest BCUT2D eigenvalue weighted by atomic mass is 10.1. The molecule has 0 amide bonds. The second-order valence-corrected chi connectivity index (χ2v) is 5.42. The third kappa shape index (κ3) is 3.11. The number of hydrogen-bond donors (Lipinski definition) is 1. The van der Waals surface area contributed by atoms with Gasteiger partial charge in [0.05, 0.1) is 12.0 Å². The van der Waals surface area contributed by atoms with E-state index >= 15 is 0 Å². The number of methoxy groups -OCH3 is 1. The number of hydrogen-bond acceptors (Lipinski definition) is 3. The van der Waals surface area contributed by atoms with Crippen molar-refractivity contribution in [1.82, 2.24) is 0 Å². The first kappa shape index (κ1) is 14.8. The highest BCUT2D eigenvalue weighted by molar-refractivity contribution is 7.99.